The van der Waals surface area contributed by atoms with Crippen molar-refractivity contribution in [2.24, 2.45) is 0 Å². The van der Waals surface area contributed by atoms with Crippen LogP contribution in [0.15, 0.2) is 72.8 Å². The highest BCUT2D eigenvalue weighted by molar-refractivity contribution is 6.35. The Morgan fingerprint density at radius 2 is 1.57 bits per heavy atom. The Kier molecular flexibility index (Phi) is 10.0. The van der Waals surface area contributed by atoms with Gasteiger partial charge in [-0.1, -0.05) is 71.7 Å². The molecule has 210 valence electrons. The molecule has 8 nitrogen and oxygen atoms in total. The van der Waals surface area contributed by atoms with Crippen LogP contribution in [0.4, 0.5) is 0 Å². The summed E-state index contributed by atoms with van der Waals surface area (Å²) in [6, 6.07) is 19.5. The summed E-state index contributed by atoms with van der Waals surface area (Å²) in [6.07, 6.45) is 1.06. The van der Waals surface area contributed by atoms with Crippen LogP contribution in [0.5, 0.6) is 5.75 Å². The number of carbonyl (C=O) groups excluding carboxylic acids is 1. The van der Waals surface area contributed by atoms with Crippen LogP contribution in [0, 0.1) is 0 Å². The van der Waals surface area contributed by atoms with Crippen LogP contribution in [0.25, 0.3) is 0 Å². The molecule has 1 aliphatic rings. The third-order valence-electron chi connectivity index (χ3n) is 7.00. The van der Waals surface area contributed by atoms with E-state index >= 15 is 0 Å². The zero-order valence-electron chi connectivity index (χ0n) is 21.6. The van der Waals surface area contributed by atoms with Crippen molar-refractivity contribution in [1.82, 2.24) is 10.2 Å². The van der Waals surface area contributed by atoms with Crippen LogP contribution in [-0.4, -0.2) is 51.1 Å². The molecule has 0 aromatic heterocycles. The van der Waals surface area contributed by atoms with E-state index in [1.54, 1.807) is 42.5 Å². The zero-order chi connectivity index (χ0) is 28.6. The first-order chi connectivity index (χ1) is 19.2. The van der Waals surface area contributed by atoms with E-state index < -0.39 is 29.9 Å². The van der Waals surface area contributed by atoms with Crippen molar-refractivity contribution < 1.29 is 29.3 Å². The van der Waals surface area contributed by atoms with E-state index in [9.17, 15) is 24.6 Å². The maximum atomic E-state index is 12.9. The number of nitrogens with one attached hydrogen (secondary N) is 1. The molecule has 3 aromatic rings. The van der Waals surface area contributed by atoms with Crippen LogP contribution in [-0.2, 0) is 34.0 Å². The fraction of sp³-hybridized carbons (Fsp3) is 0.300. The average Bonchev–Trinajstić information content (AvgIpc) is 3.31. The second kappa shape index (κ2) is 13.7. The Balaban J connectivity index is 1.34. The number of hydrogen-bond donors (Lipinski definition) is 3. The van der Waals surface area contributed by atoms with Crippen LogP contribution in [0.3, 0.4) is 0 Å². The van der Waals surface area contributed by atoms with Gasteiger partial charge in [0.15, 0.2) is 0 Å². The number of carboxylic acid groups (broad SMARTS) is 2. The second-order valence-electron chi connectivity index (χ2n) is 9.74. The number of likely N-dealkylation sites (tertiary alicyclic amines) is 1. The molecule has 10 heteroatoms. The van der Waals surface area contributed by atoms with Crippen LogP contribution < -0.4 is 10.1 Å². The van der Waals surface area contributed by atoms with Gasteiger partial charge in [-0.05, 0) is 48.2 Å². The Bertz CT molecular complexity index is 1320. The molecule has 1 saturated heterocycles. The Labute approximate surface area is 242 Å². The number of halogens is 2. The first kappa shape index (κ1) is 29.4. The standard InChI is InChI=1S/C30H30Cl2N2O6/c31-24-7-4-8-25(32)23(24)18-40-22-12-9-19(10-13-22)15-26(29(36)37)33-28(35)16-21-11-14-27(30(38)39)34(21)17-20-5-2-1-3-6-20/h1-10,12-13,21,26-27H,11,14-18H2,(H,33,35)(H,36,37)(H,38,39). The molecule has 1 heterocycles. The lowest BCUT2D eigenvalue weighted by molar-refractivity contribution is -0.143. The summed E-state index contributed by atoms with van der Waals surface area (Å²) in [5.74, 6) is -1.95. The number of aliphatic carboxylic acids is 2. The SMILES string of the molecule is O=C(CC1CCC(C(=O)O)N1Cc1ccccc1)NC(Cc1ccc(OCc2c(Cl)cccc2Cl)cc1)C(=O)O. The van der Waals surface area contributed by atoms with Gasteiger partial charge in [-0.25, -0.2) is 4.79 Å². The molecule has 3 N–H and O–H groups in total. The summed E-state index contributed by atoms with van der Waals surface area (Å²) in [6.45, 7) is 0.575. The van der Waals surface area contributed by atoms with Gasteiger partial charge in [-0.3, -0.25) is 14.5 Å². The molecule has 40 heavy (non-hydrogen) atoms. The molecular formula is C30H30Cl2N2O6. The molecule has 0 spiro atoms. The van der Waals surface area contributed by atoms with Gasteiger partial charge in [0.05, 0.1) is 0 Å². The van der Waals surface area contributed by atoms with Crippen molar-refractivity contribution in [3.8, 4) is 5.75 Å². The van der Waals surface area contributed by atoms with Crippen molar-refractivity contribution >= 4 is 41.0 Å². The van der Waals surface area contributed by atoms with Crippen molar-refractivity contribution in [3.05, 3.63) is 99.5 Å². The molecule has 0 saturated carbocycles. The minimum Gasteiger partial charge on any atom is -0.489 e. The third kappa shape index (κ3) is 7.75. The average molecular weight is 585 g/mol. The van der Waals surface area contributed by atoms with E-state index in [4.69, 9.17) is 27.9 Å². The van der Waals surface area contributed by atoms with E-state index in [1.165, 1.54) is 0 Å². The van der Waals surface area contributed by atoms with Crippen molar-refractivity contribution in [3.63, 3.8) is 0 Å². The quantitative estimate of drug-likeness (QED) is 0.268. The summed E-state index contributed by atoms with van der Waals surface area (Å²) in [4.78, 5) is 38.5. The van der Waals surface area contributed by atoms with Gasteiger partial charge in [0.2, 0.25) is 5.91 Å². The van der Waals surface area contributed by atoms with Gasteiger partial charge in [0.1, 0.15) is 24.4 Å². The number of ether oxygens (including phenoxy) is 1. The second-order valence-corrected chi connectivity index (χ2v) is 10.6. The Hall–Kier alpha value is -3.59. The smallest absolute Gasteiger partial charge is 0.326 e. The number of carboxylic acids is 2. The maximum absolute atomic E-state index is 12.9. The summed E-state index contributed by atoms with van der Waals surface area (Å²) in [7, 11) is 0. The minimum absolute atomic E-state index is 0.0117. The lowest BCUT2D eigenvalue weighted by Gasteiger charge is -2.28. The molecule has 0 aliphatic carbocycles. The van der Waals surface area contributed by atoms with Crippen molar-refractivity contribution in [1.29, 1.82) is 0 Å². The normalized spacial score (nSPS) is 17.8. The van der Waals surface area contributed by atoms with Gasteiger partial charge in [-0.2, -0.15) is 0 Å². The topological polar surface area (TPSA) is 116 Å². The highest BCUT2D eigenvalue weighted by atomic mass is 35.5. The van der Waals surface area contributed by atoms with Crippen LogP contribution in [0.1, 0.15) is 36.0 Å². The van der Waals surface area contributed by atoms with E-state index in [0.29, 0.717) is 46.3 Å². The van der Waals surface area contributed by atoms with Crippen LogP contribution in [0.2, 0.25) is 10.0 Å². The molecule has 3 atom stereocenters. The summed E-state index contributed by atoms with van der Waals surface area (Å²) < 4.78 is 5.78. The molecule has 3 aromatic carbocycles. The lowest BCUT2D eigenvalue weighted by Crippen LogP contribution is -2.46. The van der Waals surface area contributed by atoms with Gasteiger partial charge >= 0.3 is 11.9 Å². The Morgan fingerprint density at radius 3 is 2.20 bits per heavy atom. The number of amides is 1. The van der Waals surface area contributed by atoms with Gasteiger partial charge in [0.25, 0.3) is 0 Å². The molecule has 3 unspecified atom stereocenters. The lowest BCUT2D eigenvalue weighted by atomic mass is 10.0. The number of rotatable bonds is 12. The molecular weight excluding hydrogens is 555 g/mol. The first-order valence-electron chi connectivity index (χ1n) is 12.9. The minimum atomic E-state index is -1.15. The molecule has 1 fully saturated rings. The van der Waals surface area contributed by atoms with Gasteiger partial charge < -0.3 is 20.3 Å². The largest absolute Gasteiger partial charge is 0.489 e. The predicted octanol–water partition coefficient (Wildman–Crippen LogP) is 5.19. The third-order valence-corrected chi connectivity index (χ3v) is 7.71. The van der Waals surface area contributed by atoms with E-state index in [-0.39, 0.29) is 25.5 Å². The maximum Gasteiger partial charge on any atom is 0.326 e. The van der Waals surface area contributed by atoms with E-state index in [1.807, 2.05) is 35.2 Å². The highest BCUT2D eigenvalue weighted by Gasteiger charge is 2.39. The van der Waals surface area contributed by atoms with Gasteiger partial charge in [0, 0.05) is 41.0 Å². The first-order valence-corrected chi connectivity index (χ1v) is 13.7. The van der Waals surface area contributed by atoms with Crippen molar-refractivity contribution in [2.45, 2.75) is 57.0 Å². The van der Waals surface area contributed by atoms with Gasteiger partial charge in [-0.15, -0.1) is 0 Å². The zero-order valence-corrected chi connectivity index (χ0v) is 23.1. The molecule has 4 rings (SSSR count). The molecule has 0 radical (unpaired) electrons. The summed E-state index contributed by atoms with van der Waals surface area (Å²) in [5, 5.41) is 23.1. The summed E-state index contributed by atoms with van der Waals surface area (Å²) in [5.41, 5.74) is 2.32. The molecule has 1 amide bonds. The Morgan fingerprint density at radius 1 is 0.900 bits per heavy atom. The van der Waals surface area contributed by atoms with Crippen molar-refractivity contribution in [2.75, 3.05) is 0 Å². The number of nitrogens with zero attached hydrogens (tertiary/aromatic N) is 1. The fourth-order valence-corrected chi connectivity index (χ4v) is 5.41. The predicted molar refractivity (Wildman–Crippen MR) is 152 cm³/mol. The molecule has 0 bridgehead atoms. The summed E-state index contributed by atoms with van der Waals surface area (Å²) >= 11 is 12.4. The monoisotopic (exact) mass is 584 g/mol. The number of benzene rings is 3. The molecule has 1 aliphatic heterocycles. The van der Waals surface area contributed by atoms with Crippen LogP contribution >= 0.6 is 23.2 Å². The van der Waals surface area contributed by atoms with E-state index in [0.717, 1.165) is 5.56 Å². The number of carbonyl (C=O) groups is 3. The highest BCUT2D eigenvalue weighted by Crippen LogP contribution is 2.29. The van der Waals surface area contributed by atoms with E-state index in [2.05, 4.69) is 5.32 Å². The number of hydrogen-bond acceptors (Lipinski definition) is 5. The fourth-order valence-electron chi connectivity index (χ4n) is 4.91.